The number of piperidine rings is 1. The Bertz CT molecular complexity index is 1570. The van der Waals surface area contributed by atoms with E-state index in [1.54, 1.807) is 30.6 Å². The molecule has 8 heteroatoms. The predicted molar refractivity (Wildman–Crippen MR) is 154 cm³/mol. The number of rotatable bonds is 7. The highest BCUT2D eigenvalue weighted by molar-refractivity contribution is 6.04. The standard InChI is InChI=1S/C31H31N7O/c32-29-28-27(23-11-13-24(14-12-23)31(39)35-26-10-4-5-16-33-26)36-30(38(28)20-17-34-29)25-9-6-18-37(21-25)19-15-22-7-2-1-3-8-22/h1-5,7-8,10-14,16-17,20,25H,6,9,15,18-19,21H2,(H2,32,34)(H,33,35,39)/t25-/m1/s1. The SMILES string of the molecule is Nc1nccn2c([C@@H]3CCCN(CCc4ccccc4)C3)nc(-c3ccc(C(=O)Nc4ccccn4)cc3)c12. The zero-order valence-electron chi connectivity index (χ0n) is 21.7. The monoisotopic (exact) mass is 517 g/mol. The third-order valence-electron chi connectivity index (χ3n) is 7.37. The van der Waals surface area contributed by atoms with Crippen molar-refractivity contribution in [1.29, 1.82) is 0 Å². The molecule has 0 saturated carbocycles. The van der Waals surface area contributed by atoms with Crippen molar-refractivity contribution in [1.82, 2.24) is 24.3 Å². The number of hydrogen-bond acceptors (Lipinski definition) is 6. The van der Waals surface area contributed by atoms with E-state index in [2.05, 4.69) is 54.9 Å². The van der Waals surface area contributed by atoms with Crippen LogP contribution in [-0.4, -0.2) is 49.8 Å². The predicted octanol–water partition coefficient (Wildman–Crippen LogP) is 5.05. The van der Waals surface area contributed by atoms with E-state index in [0.29, 0.717) is 23.1 Å². The lowest BCUT2D eigenvalue weighted by molar-refractivity contribution is 0.102. The quantitative estimate of drug-likeness (QED) is 0.313. The average Bonchev–Trinajstić information content (AvgIpc) is 3.38. The highest BCUT2D eigenvalue weighted by Gasteiger charge is 2.27. The van der Waals surface area contributed by atoms with Gasteiger partial charge in [-0.25, -0.2) is 15.0 Å². The topological polar surface area (TPSA) is 101 Å². The van der Waals surface area contributed by atoms with Crippen LogP contribution in [0.15, 0.2) is 91.4 Å². The first-order chi connectivity index (χ1) is 19.2. The number of nitrogens with one attached hydrogen (secondary N) is 1. The zero-order chi connectivity index (χ0) is 26.6. The second-order valence-electron chi connectivity index (χ2n) is 9.97. The molecule has 1 amide bonds. The molecule has 1 aliphatic rings. The number of aromatic nitrogens is 4. The lowest BCUT2D eigenvalue weighted by Crippen LogP contribution is -2.36. The summed E-state index contributed by atoms with van der Waals surface area (Å²) in [5.41, 5.74) is 10.8. The lowest BCUT2D eigenvalue weighted by Gasteiger charge is -2.32. The number of imidazole rings is 1. The summed E-state index contributed by atoms with van der Waals surface area (Å²) in [5, 5.41) is 2.82. The Morgan fingerprint density at radius 3 is 2.59 bits per heavy atom. The van der Waals surface area contributed by atoms with Crippen LogP contribution in [0.2, 0.25) is 0 Å². The Labute approximate surface area is 227 Å². The number of hydrogen-bond donors (Lipinski definition) is 2. The Hall–Kier alpha value is -4.56. The number of benzene rings is 2. The molecule has 1 fully saturated rings. The molecule has 2 aromatic carbocycles. The van der Waals surface area contributed by atoms with Gasteiger partial charge >= 0.3 is 0 Å². The van der Waals surface area contributed by atoms with Crippen LogP contribution in [-0.2, 0) is 6.42 Å². The summed E-state index contributed by atoms with van der Waals surface area (Å²) >= 11 is 0. The van der Waals surface area contributed by atoms with Gasteiger partial charge in [-0.2, -0.15) is 0 Å². The van der Waals surface area contributed by atoms with Gasteiger partial charge in [0, 0.05) is 48.7 Å². The lowest BCUT2D eigenvalue weighted by atomic mass is 9.96. The summed E-state index contributed by atoms with van der Waals surface area (Å²) in [6.07, 6.45) is 8.58. The van der Waals surface area contributed by atoms with Crippen molar-refractivity contribution in [3.05, 3.63) is 108 Å². The van der Waals surface area contributed by atoms with Crippen molar-refractivity contribution in [2.75, 3.05) is 30.7 Å². The smallest absolute Gasteiger partial charge is 0.256 e. The highest BCUT2D eigenvalue weighted by Crippen LogP contribution is 2.34. The fourth-order valence-corrected chi connectivity index (χ4v) is 5.38. The molecule has 196 valence electrons. The minimum absolute atomic E-state index is 0.213. The van der Waals surface area contributed by atoms with Gasteiger partial charge in [0.1, 0.15) is 28.7 Å². The van der Waals surface area contributed by atoms with Gasteiger partial charge in [-0.3, -0.25) is 9.20 Å². The second-order valence-corrected chi connectivity index (χ2v) is 9.97. The summed E-state index contributed by atoms with van der Waals surface area (Å²) in [6, 6.07) is 23.5. The summed E-state index contributed by atoms with van der Waals surface area (Å²) < 4.78 is 2.10. The average molecular weight is 518 g/mol. The van der Waals surface area contributed by atoms with E-state index >= 15 is 0 Å². The van der Waals surface area contributed by atoms with Crippen LogP contribution in [0.3, 0.4) is 0 Å². The zero-order valence-corrected chi connectivity index (χ0v) is 21.7. The first-order valence-corrected chi connectivity index (χ1v) is 13.4. The van der Waals surface area contributed by atoms with E-state index in [1.807, 2.05) is 30.5 Å². The van der Waals surface area contributed by atoms with Crippen LogP contribution in [0.25, 0.3) is 16.8 Å². The van der Waals surface area contributed by atoms with Gasteiger partial charge < -0.3 is 16.0 Å². The van der Waals surface area contributed by atoms with Gasteiger partial charge in [0.15, 0.2) is 0 Å². The number of anilines is 2. The molecule has 0 radical (unpaired) electrons. The van der Waals surface area contributed by atoms with Crippen molar-refractivity contribution >= 4 is 23.1 Å². The largest absolute Gasteiger partial charge is 0.382 e. The summed E-state index contributed by atoms with van der Waals surface area (Å²) in [5.74, 6) is 2.05. The van der Waals surface area contributed by atoms with Crippen molar-refractivity contribution in [3.63, 3.8) is 0 Å². The minimum atomic E-state index is -0.213. The molecule has 0 aliphatic carbocycles. The number of amides is 1. The number of nitrogens with zero attached hydrogens (tertiary/aromatic N) is 5. The number of likely N-dealkylation sites (tertiary alicyclic amines) is 1. The number of carbonyl (C=O) groups excluding carboxylic acids is 1. The van der Waals surface area contributed by atoms with Gasteiger partial charge in [-0.1, -0.05) is 48.5 Å². The van der Waals surface area contributed by atoms with Crippen molar-refractivity contribution < 1.29 is 4.79 Å². The van der Waals surface area contributed by atoms with Crippen molar-refractivity contribution in [3.8, 4) is 11.3 Å². The van der Waals surface area contributed by atoms with Crippen LogP contribution in [0.5, 0.6) is 0 Å². The van der Waals surface area contributed by atoms with Crippen LogP contribution in [0.4, 0.5) is 11.6 Å². The Morgan fingerprint density at radius 2 is 1.79 bits per heavy atom. The molecule has 1 saturated heterocycles. The Balaban J connectivity index is 1.24. The molecule has 3 aromatic heterocycles. The van der Waals surface area contributed by atoms with E-state index in [-0.39, 0.29) is 5.91 Å². The fourth-order valence-electron chi connectivity index (χ4n) is 5.38. The Morgan fingerprint density at radius 1 is 0.974 bits per heavy atom. The van der Waals surface area contributed by atoms with Gasteiger partial charge in [0.25, 0.3) is 5.91 Å². The summed E-state index contributed by atoms with van der Waals surface area (Å²) in [4.78, 5) is 28.9. The van der Waals surface area contributed by atoms with Crippen molar-refractivity contribution in [2.45, 2.75) is 25.2 Å². The van der Waals surface area contributed by atoms with E-state index in [0.717, 1.165) is 61.5 Å². The molecular weight excluding hydrogens is 486 g/mol. The maximum absolute atomic E-state index is 12.7. The second kappa shape index (κ2) is 11.0. The maximum Gasteiger partial charge on any atom is 0.256 e. The van der Waals surface area contributed by atoms with E-state index in [9.17, 15) is 4.79 Å². The van der Waals surface area contributed by atoms with Crippen LogP contribution < -0.4 is 11.1 Å². The molecule has 0 spiro atoms. The van der Waals surface area contributed by atoms with Crippen LogP contribution in [0.1, 0.15) is 40.5 Å². The van der Waals surface area contributed by atoms with Gasteiger partial charge in [0.05, 0.1) is 0 Å². The molecule has 6 rings (SSSR count). The molecule has 3 N–H and O–H groups in total. The molecule has 8 nitrogen and oxygen atoms in total. The van der Waals surface area contributed by atoms with Gasteiger partial charge in [-0.05, 0) is 55.6 Å². The Kier molecular flexibility index (Phi) is 7.01. The summed E-state index contributed by atoms with van der Waals surface area (Å²) in [6.45, 7) is 3.09. The van der Waals surface area contributed by atoms with Crippen LogP contribution in [0, 0.1) is 0 Å². The maximum atomic E-state index is 12.7. The molecule has 0 unspecified atom stereocenters. The molecule has 0 bridgehead atoms. The number of nitrogens with two attached hydrogens (primary N) is 1. The molecule has 4 heterocycles. The first-order valence-electron chi connectivity index (χ1n) is 13.4. The fraction of sp³-hybridized carbons (Fsp3) is 0.226. The minimum Gasteiger partial charge on any atom is -0.382 e. The normalized spacial score (nSPS) is 15.8. The molecule has 39 heavy (non-hydrogen) atoms. The number of nitrogen functional groups attached to an aromatic ring is 1. The van der Waals surface area contributed by atoms with Gasteiger partial charge in [0.2, 0.25) is 0 Å². The number of pyridine rings is 1. The summed E-state index contributed by atoms with van der Waals surface area (Å²) in [7, 11) is 0. The van der Waals surface area contributed by atoms with Gasteiger partial charge in [-0.15, -0.1) is 0 Å². The van der Waals surface area contributed by atoms with E-state index < -0.39 is 0 Å². The van der Waals surface area contributed by atoms with Crippen LogP contribution >= 0.6 is 0 Å². The highest BCUT2D eigenvalue weighted by atomic mass is 16.1. The van der Waals surface area contributed by atoms with E-state index in [4.69, 9.17) is 10.7 Å². The van der Waals surface area contributed by atoms with E-state index in [1.165, 1.54) is 5.56 Å². The van der Waals surface area contributed by atoms with Crippen molar-refractivity contribution in [2.24, 2.45) is 0 Å². The third-order valence-corrected chi connectivity index (χ3v) is 7.37. The molecule has 1 atom stereocenters. The number of fused-ring (bicyclic) bond motifs is 1. The first kappa shape index (κ1) is 24.8. The molecule has 1 aliphatic heterocycles. The molecule has 5 aromatic rings. The third kappa shape index (κ3) is 5.37. The molecular formula is C31H31N7O. The number of carbonyl (C=O) groups is 1.